The van der Waals surface area contributed by atoms with Gasteiger partial charge in [0.1, 0.15) is 19.3 Å². The second kappa shape index (κ2) is 71.1. The normalized spacial score (nSPS) is 13.9. The van der Waals surface area contributed by atoms with Gasteiger partial charge < -0.3 is 33.8 Å². The standard InChI is InChI=1S/C78H152O17P2/c1-6-9-12-15-18-20-21-22-23-24-25-26-30-33-36-39-43-47-52-57-62-76(81)89-68-74(95-78(83)64-59-54-49-44-40-37-34-31-28-27-29-32-35-38-42-46-50-55-60-71(4)5)70-93-97(86,87)91-66-72(79)65-90-96(84,85)92-69-73(67-88-75(80)61-56-51-45-17-14-11-8-3)94-77(82)63-58-53-48-41-19-16-13-10-7-2/h71-74,79H,6-70H2,1-5H3,(H,84,85)(H,86,87)/t72-,73+,74+/m0/s1. The predicted molar refractivity (Wildman–Crippen MR) is 395 cm³/mol. The zero-order valence-electron chi connectivity index (χ0n) is 63.2. The minimum absolute atomic E-state index is 0.106. The van der Waals surface area contributed by atoms with Crippen LogP contribution in [0.3, 0.4) is 0 Å². The van der Waals surface area contributed by atoms with Crippen molar-refractivity contribution >= 4 is 39.5 Å². The van der Waals surface area contributed by atoms with Crippen molar-refractivity contribution in [2.24, 2.45) is 5.92 Å². The van der Waals surface area contributed by atoms with Crippen LogP contribution >= 0.6 is 15.6 Å². The molecule has 0 saturated heterocycles. The van der Waals surface area contributed by atoms with Crippen LogP contribution in [0, 0.1) is 5.92 Å². The SMILES string of the molecule is CCCCCCCCCCCCCCCCCCCCCCC(=O)OC[C@H](COP(=O)(O)OC[C@@H](O)COP(=O)(O)OC[C@@H](COC(=O)CCCCCCCCC)OC(=O)CCCCCCCCCCC)OC(=O)CCCCCCCCCCCCCCCCCCCCC(C)C. The van der Waals surface area contributed by atoms with E-state index in [2.05, 4.69) is 34.6 Å². The van der Waals surface area contributed by atoms with E-state index in [-0.39, 0.29) is 25.7 Å². The maximum atomic E-state index is 13.1. The fraction of sp³-hybridized carbons (Fsp3) is 0.949. The third kappa shape index (κ3) is 72.2. The summed E-state index contributed by atoms with van der Waals surface area (Å²) in [5.74, 6) is -1.30. The number of phosphoric acid groups is 2. The van der Waals surface area contributed by atoms with Crippen molar-refractivity contribution in [2.75, 3.05) is 39.6 Å². The van der Waals surface area contributed by atoms with Crippen molar-refractivity contribution in [1.29, 1.82) is 0 Å². The van der Waals surface area contributed by atoms with Crippen molar-refractivity contribution in [1.82, 2.24) is 0 Å². The van der Waals surface area contributed by atoms with Gasteiger partial charge in [0.05, 0.1) is 26.4 Å². The topological polar surface area (TPSA) is 237 Å². The van der Waals surface area contributed by atoms with Crippen LogP contribution in [0.5, 0.6) is 0 Å². The first kappa shape index (κ1) is 95.1. The number of hydrogen-bond donors (Lipinski definition) is 3. The molecule has 0 amide bonds. The molecule has 0 bridgehead atoms. The fourth-order valence-corrected chi connectivity index (χ4v) is 13.6. The average molecular weight is 1420 g/mol. The van der Waals surface area contributed by atoms with Crippen LogP contribution in [0.4, 0.5) is 0 Å². The first-order valence-electron chi connectivity index (χ1n) is 40.6. The Bertz CT molecular complexity index is 1860. The maximum absolute atomic E-state index is 13.1. The highest BCUT2D eigenvalue weighted by Crippen LogP contribution is 2.45. The van der Waals surface area contributed by atoms with Crippen LogP contribution in [0.25, 0.3) is 0 Å². The molecule has 0 aliphatic rings. The molecule has 0 heterocycles. The van der Waals surface area contributed by atoms with E-state index in [4.69, 9.17) is 37.0 Å². The molecule has 17 nitrogen and oxygen atoms in total. The fourth-order valence-electron chi connectivity index (χ4n) is 12.1. The Morgan fingerprint density at radius 2 is 0.474 bits per heavy atom. The monoisotopic (exact) mass is 1420 g/mol. The lowest BCUT2D eigenvalue weighted by atomic mass is 10.0. The number of esters is 4. The molecule has 0 aromatic rings. The van der Waals surface area contributed by atoms with Crippen molar-refractivity contribution in [3.63, 3.8) is 0 Å². The minimum Gasteiger partial charge on any atom is -0.462 e. The highest BCUT2D eigenvalue weighted by Gasteiger charge is 2.30. The van der Waals surface area contributed by atoms with Gasteiger partial charge in [0, 0.05) is 25.7 Å². The lowest BCUT2D eigenvalue weighted by molar-refractivity contribution is -0.161. The summed E-state index contributed by atoms with van der Waals surface area (Å²) in [5.41, 5.74) is 0. The smallest absolute Gasteiger partial charge is 0.462 e. The lowest BCUT2D eigenvalue weighted by Crippen LogP contribution is -2.30. The Kier molecular flexibility index (Phi) is 69.6. The number of ether oxygens (including phenoxy) is 4. The molecule has 0 radical (unpaired) electrons. The highest BCUT2D eigenvalue weighted by atomic mass is 31.2. The van der Waals surface area contributed by atoms with E-state index in [9.17, 15) is 43.2 Å². The zero-order chi connectivity index (χ0) is 71.2. The van der Waals surface area contributed by atoms with Gasteiger partial charge in [-0.1, -0.05) is 362 Å². The second-order valence-corrected chi connectivity index (χ2v) is 31.5. The van der Waals surface area contributed by atoms with E-state index in [0.29, 0.717) is 25.7 Å². The molecular formula is C78H152O17P2. The Morgan fingerprint density at radius 3 is 0.701 bits per heavy atom. The van der Waals surface area contributed by atoms with E-state index in [1.165, 1.54) is 225 Å². The van der Waals surface area contributed by atoms with Gasteiger partial charge in [0.25, 0.3) is 0 Å². The third-order valence-corrected chi connectivity index (χ3v) is 20.2. The molecule has 0 saturated carbocycles. The zero-order valence-corrected chi connectivity index (χ0v) is 65.0. The number of aliphatic hydroxyl groups excluding tert-OH is 1. The van der Waals surface area contributed by atoms with Gasteiger partial charge in [-0.3, -0.25) is 37.3 Å². The summed E-state index contributed by atoms with van der Waals surface area (Å²) in [4.78, 5) is 72.6. The first-order chi connectivity index (χ1) is 47.0. The van der Waals surface area contributed by atoms with Gasteiger partial charge in [0.2, 0.25) is 0 Å². The molecule has 0 fully saturated rings. The van der Waals surface area contributed by atoms with Crippen LogP contribution in [0.2, 0.25) is 0 Å². The maximum Gasteiger partial charge on any atom is 0.472 e. The Labute approximate surface area is 594 Å². The molecule has 0 spiro atoms. The molecule has 0 aliphatic carbocycles. The summed E-state index contributed by atoms with van der Waals surface area (Å²) in [6.45, 7) is 7.27. The van der Waals surface area contributed by atoms with Crippen molar-refractivity contribution in [2.45, 2.75) is 432 Å². The molecule has 19 heteroatoms. The summed E-state index contributed by atoms with van der Waals surface area (Å²) in [6, 6.07) is 0. The second-order valence-electron chi connectivity index (χ2n) is 28.6. The molecule has 5 atom stereocenters. The molecule has 0 aromatic heterocycles. The highest BCUT2D eigenvalue weighted by molar-refractivity contribution is 7.47. The van der Waals surface area contributed by atoms with Gasteiger partial charge in [0.15, 0.2) is 12.2 Å². The first-order valence-corrected chi connectivity index (χ1v) is 43.6. The Morgan fingerprint density at radius 1 is 0.278 bits per heavy atom. The van der Waals surface area contributed by atoms with E-state index >= 15 is 0 Å². The van der Waals surface area contributed by atoms with Gasteiger partial charge in [-0.25, -0.2) is 9.13 Å². The van der Waals surface area contributed by atoms with Gasteiger partial charge >= 0.3 is 39.5 Å². The average Bonchev–Trinajstić information content (AvgIpc) is 2.57. The number of aliphatic hydroxyl groups is 1. The van der Waals surface area contributed by atoms with Crippen LogP contribution in [-0.2, 0) is 65.4 Å². The molecular weight excluding hydrogens is 1270 g/mol. The number of carbonyl (C=O) groups excluding carboxylic acids is 4. The van der Waals surface area contributed by atoms with Crippen LogP contribution in [0.1, 0.15) is 413 Å². The largest absolute Gasteiger partial charge is 0.472 e. The molecule has 576 valence electrons. The number of phosphoric ester groups is 2. The van der Waals surface area contributed by atoms with E-state index in [1.807, 2.05) is 0 Å². The van der Waals surface area contributed by atoms with Gasteiger partial charge in [-0.2, -0.15) is 0 Å². The van der Waals surface area contributed by atoms with E-state index < -0.39 is 97.5 Å². The lowest BCUT2D eigenvalue weighted by Gasteiger charge is -2.21. The number of rotatable bonds is 78. The summed E-state index contributed by atoms with van der Waals surface area (Å²) in [5, 5.41) is 10.6. The quantitative estimate of drug-likeness (QED) is 0.0222. The van der Waals surface area contributed by atoms with Crippen LogP contribution < -0.4 is 0 Å². The number of unbranched alkanes of at least 4 members (excludes halogenated alkanes) is 50. The molecule has 0 aromatic carbocycles. The summed E-state index contributed by atoms with van der Waals surface area (Å²) < 4.78 is 68.4. The van der Waals surface area contributed by atoms with E-state index in [1.54, 1.807) is 0 Å². The Balaban J connectivity index is 5.12. The summed E-state index contributed by atoms with van der Waals surface area (Å²) in [7, 11) is -9.90. The Hall–Kier alpha value is -1.94. The molecule has 97 heavy (non-hydrogen) atoms. The number of carbonyl (C=O) groups is 4. The number of hydrogen-bond acceptors (Lipinski definition) is 15. The van der Waals surface area contributed by atoms with Crippen LogP contribution in [-0.4, -0.2) is 96.7 Å². The van der Waals surface area contributed by atoms with E-state index in [0.717, 1.165) is 109 Å². The molecule has 0 aliphatic heterocycles. The van der Waals surface area contributed by atoms with Crippen molar-refractivity contribution in [3.8, 4) is 0 Å². The minimum atomic E-state index is -4.96. The van der Waals surface area contributed by atoms with Crippen molar-refractivity contribution in [3.05, 3.63) is 0 Å². The van der Waals surface area contributed by atoms with Crippen LogP contribution in [0.15, 0.2) is 0 Å². The predicted octanol–water partition coefficient (Wildman–Crippen LogP) is 23.3. The molecule has 3 N–H and O–H groups in total. The summed E-state index contributed by atoms with van der Waals surface area (Å²) in [6.07, 6.45) is 61.5. The summed E-state index contributed by atoms with van der Waals surface area (Å²) >= 11 is 0. The van der Waals surface area contributed by atoms with Gasteiger partial charge in [-0.05, 0) is 31.6 Å². The van der Waals surface area contributed by atoms with Crippen molar-refractivity contribution < 1.29 is 80.2 Å². The third-order valence-electron chi connectivity index (χ3n) is 18.3. The molecule has 0 rings (SSSR count). The van der Waals surface area contributed by atoms with Gasteiger partial charge in [-0.15, -0.1) is 0 Å². The molecule has 2 unspecified atom stereocenters.